The molecule has 2 aromatic rings. The number of nitrogens with zero attached hydrogens (tertiary/aromatic N) is 1. The van der Waals surface area contributed by atoms with Crippen LogP contribution in [0.15, 0.2) is 41.3 Å². The molecule has 88 valence electrons. The third-order valence-corrected chi connectivity index (χ3v) is 3.46. The molecule has 17 heavy (non-hydrogen) atoms. The highest BCUT2D eigenvalue weighted by molar-refractivity contribution is 5.78. The molecule has 0 saturated carbocycles. The molecule has 3 rings (SSSR count). The van der Waals surface area contributed by atoms with Crippen molar-refractivity contribution in [3.63, 3.8) is 0 Å². The summed E-state index contributed by atoms with van der Waals surface area (Å²) in [5.41, 5.74) is 1.14. The summed E-state index contributed by atoms with van der Waals surface area (Å²) in [6.45, 7) is 2.06. The Kier molecular flexibility index (Phi) is 2.69. The van der Waals surface area contributed by atoms with Crippen molar-refractivity contribution in [2.45, 2.75) is 25.4 Å². The molecule has 1 fully saturated rings. The van der Waals surface area contributed by atoms with Crippen molar-refractivity contribution in [2.24, 2.45) is 0 Å². The van der Waals surface area contributed by atoms with Crippen molar-refractivity contribution in [1.29, 1.82) is 0 Å². The second-order valence-electron chi connectivity index (χ2n) is 4.64. The molecular weight excluding hydrogens is 212 g/mol. The van der Waals surface area contributed by atoms with E-state index in [0.717, 1.165) is 24.0 Å². The van der Waals surface area contributed by atoms with E-state index in [-0.39, 0.29) is 5.43 Å². The summed E-state index contributed by atoms with van der Waals surface area (Å²) in [7, 11) is 0. The van der Waals surface area contributed by atoms with Gasteiger partial charge in [0.05, 0.1) is 5.52 Å². The molecule has 3 heteroatoms. The van der Waals surface area contributed by atoms with Gasteiger partial charge >= 0.3 is 0 Å². The van der Waals surface area contributed by atoms with Gasteiger partial charge in [0.1, 0.15) is 0 Å². The Morgan fingerprint density at radius 1 is 1.29 bits per heavy atom. The lowest BCUT2D eigenvalue weighted by Crippen LogP contribution is -2.27. The fourth-order valence-corrected chi connectivity index (χ4v) is 2.57. The van der Waals surface area contributed by atoms with Gasteiger partial charge in [0.25, 0.3) is 0 Å². The first kappa shape index (κ1) is 10.5. The second-order valence-corrected chi connectivity index (χ2v) is 4.64. The molecule has 0 amide bonds. The van der Waals surface area contributed by atoms with Gasteiger partial charge in [0.15, 0.2) is 5.43 Å². The van der Waals surface area contributed by atoms with Crippen molar-refractivity contribution >= 4 is 10.9 Å². The maximum atomic E-state index is 11.7. The Labute approximate surface area is 100 Å². The van der Waals surface area contributed by atoms with Crippen molar-refractivity contribution in [3.8, 4) is 0 Å². The number of para-hydroxylation sites is 1. The highest BCUT2D eigenvalue weighted by Crippen LogP contribution is 2.13. The minimum Gasteiger partial charge on any atom is -0.346 e. The minimum atomic E-state index is 0.108. The zero-order chi connectivity index (χ0) is 11.7. The number of rotatable bonds is 2. The molecule has 0 aliphatic carbocycles. The summed E-state index contributed by atoms with van der Waals surface area (Å²) in [5.74, 6) is 0. The zero-order valence-corrected chi connectivity index (χ0v) is 9.73. The summed E-state index contributed by atoms with van der Waals surface area (Å²) in [5, 5.41) is 4.30. The van der Waals surface area contributed by atoms with E-state index < -0.39 is 0 Å². The summed E-state index contributed by atoms with van der Waals surface area (Å²) in [4.78, 5) is 11.7. The van der Waals surface area contributed by atoms with Crippen LogP contribution in [0.25, 0.3) is 10.9 Å². The average Bonchev–Trinajstić information content (AvgIpc) is 2.86. The molecule has 0 bridgehead atoms. The Morgan fingerprint density at radius 3 is 3.00 bits per heavy atom. The third kappa shape index (κ3) is 1.98. The lowest BCUT2D eigenvalue weighted by atomic mass is 10.2. The van der Waals surface area contributed by atoms with Gasteiger partial charge in [0.2, 0.25) is 0 Å². The highest BCUT2D eigenvalue weighted by atomic mass is 16.1. The fourth-order valence-electron chi connectivity index (χ4n) is 2.57. The number of benzene rings is 1. The van der Waals surface area contributed by atoms with Crippen molar-refractivity contribution in [3.05, 3.63) is 46.8 Å². The number of nitrogens with one attached hydrogen (secondary N) is 1. The SMILES string of the molecule is O=c1ccn(CC2CCCN2)c2ccccc12. The van der Waals surface area contributed by atoms with Crippen LogP contribution in [0.4, 0.5) is 0 Å². The van der Waals surface area contributed by atoms with Gasteiger partial charge in [-0.2, -0.15) is 0 Å². The van der Waals surface area contributed by atoms with E-state index in [2.05, 4.69) is 9.88 Å². The molecule has 0 radical (unpaired) electrons. The largest absolute Gasteiger partial charge is 0.346 e. The van der Waals surface area contributed by atoms with E-state index in [1.54, 1.807) is 6.07 Å². The molecule has 1 aliphatic heterocycles. The van der Waals surface area contributed by atoms with Crippen molar-refractivity contribution in [2.75, 3.05) is 6.54 Å². The summed E-state index contributed by atoms with van der Waals surface area (Å²) >= 11 is 0. The number of fused-ring (bicyclic) bond motifs is 1. The Morgan fingerprint density at radius 2 is 2.18 bits per heavy atom. The Hall–Kier alpha value is -1.61. The molecule has 1 N–H and O–H groups in total. The van der Waals surface area contributed by atoms with Gasteiger partial charge < -0.3 is 9.88 Å². The standard InChI is InChI=1S/C14H16N2O/c17-14-7-9-16(10-11-4-3-8-15-11)13-6-2-1-5-12(13)14/h1-2,5-7,9,11,15H,3-4,8,10H2. The molecule has 1 aromatic carbocycles. The molecule has 1 aliphatic rings. The Balaban J connectivity index is 2.04. The van der Waals surface area contributed by atoms with E-state index >= 15 is 0 Å². The molecule has 1 saturated heterocycles. The minimum absolute atomic E-state index is 0.108. The van der Waals surface area contributed by atoms with Crippen LogP contribution in [-0.2, 0) is 6.54 Å². The normalized spacial score (nSPS) is 19.9. The van der Waals surface area contributed by atoms with Crippen LogP contribution < -0.4 is 10.7 Å². The molecule has 2 heterocycles. The molecule has 1 aromatic heterocycles. The maximum absolute atomic E-state index is 11.7. The van der Waals surface area contributed by atoms with Crippen molar-refractivity contribution < 1.29 is 0 Å². The first-order valence-corrected chi connectivity index (χ1v) is 6.16. The number of hydrogen-bond donors (Lipinski definition) is 1. The van der Waals surface area contributed by atoms with Gasteiger partial charge in [-0.25, -0.2) is 0 Å². The predicted molar refractivity (Wildman–Crippen MR) is 69.2 cm³/mol. The molecule has 0 spiro atoms. The summed E-state index contributed by atoms with van der Waals surface area (Å²) in [6.07, 6.45) is 4.38. The molecule has 3 nitrogen and oxygen atoms in total. The van der Waals surface area contributed by atoms with Crippen LogP contribution >= 0.6 is 0 Å². The molecule has 1 unspecified atom stereocenters. The Bertz CT molecular complexity index is 582. The monoisotopic (exact) mass is 228 g/mol. The highest BCUT2D eigenvalue weighted by Gasteiger charge is 2.14. The van der Waals surface area contributed by atoms with Crippen LogP contribution in [0, 0.1) is 0 Å². The van der Waals surface area contributed by atoms with E-state index in [1.807, 2.05) is 30.5 Å². The average molecular weight is 228 g/mol. The van der Waals surface area contributed by atoms with Crippen LogP contribution in [0.5, 0.6) is 0 Å². The fraction of sp³-hybridized carbons (Fsp3) is 0.357. The van der Waals surface area contributed by atoms with Crippen molar-refractivity contribution in [1.82, 2.24) is 9.88 Å². The van der Waals surface area contributed by atoms with Crippen LogP contribution in [0.2, 0.25) is 0 Å². The predicted octanol–water partition coefficient (Wildman–Crippen LogP) is 1.75. The van der Waals surface area contributed by atoms with Crippen LogP contribution in [-0.4, -0.2) is 17.2 Å². The summed E-state index contributed by atoms with van der Waals surface area (Å²) < 4.78 is 2.18. The lowest BCUT2D eigenvalue weighted by Gasteiger charge is -2.15. The zero-order valence-electron chi connectivity index (χ0n) is 9.73. The van der Waals surface area contributed by atoms with Gasteiger partial charge in [-0.15, -0.1) is 0 Å². The van der Waals surface area contributed by atoms with Gasteiger partial charge in [-0.05, 0) is 31.5 Å². The van der Waals surface area contributed by atoms with E-state index in [0.29, 0.717) is 6.04 Å². The quantitative estimate of drug-likeness (QED) is 0.849. The topological polar surface area (TPSA) is 34.0 Å². The first-order valence-electron chi connectivity index (χ1n) is 6.16. The van der Waals surface area contributed by atoms with Gasteiger partial charge in [-0.1, -0.05) is 12.1 Å². The van der Waals surface area contributed by atoms with Gasteiger partial charge in [0, 0.05) is 30.2 Å². The van der Waals surface area contributed by atoms with E-state index in [9.17, 15) is 4.79 Å². The molecular formula is C14H16N2O. The summed E-state index contributed by atoms with van der Waals surface area (Å²) in [6, 6.07) is 10.0. The first-order chi connectivity index (χ1) is 8.34. The lowest BCUT2D eigenvalue weighted by molar-refractivity contribution is 0.517. The number of pyridine rings is 1. The molecule has 1 atom stereocenters. The van der Waals surface area contributed by atoms with Gasteiger partial charge in [-0.3, -0.25) is 4.79 Å². The third-order valence-electron chi connectivity index (χ3n) is 3.46. The smallest absolute Gasteiger partial charge is 0.189 e. The number of aromatic nitrogens is 1. The number of hydrogen-bond acceptors (Lipinski definition) is 2. The van der Waals surface area contributed by atoms with E-state index in [1.165, 1.54) is 12.8 Å². The second kappa shape index (κ2) is 4.34. The van der Waals surface area contributed by atoms with E-state index in [4.69, 9.17) is 0 Å². The maximum Gasteiger partial charge on any atom is 0.189 e. The van der Waals surface area contributed by atoms with Crippen LogP contribution in [0.3, 0.4) is 0 Å². The van der Waals surface area contributed by atoms with Crippen LogP contribution in [0.1, 0.15) is 12.8 Å².